The predicted octanol–water partition coefficient (Wildman–Crippen LogP) is 3.36. The average Bonchev–Trinajstić information content (AvgIpc) is 2.65. The number of hydrogen-bond donors (Lipinski definition) is 1. The van der Waals surface area contributed by atoms with Crippen molar-refractivity contribution in [3.8, 4) is 0 Å². The van der Waals surface area contributed by atoms with Crippen LogP contribution >= 0.6 is 11.8 Å². The van der Waals surface area contributed by atoms with Crippen LogP contribution in [0.3, 0.4) is 0 Å². The zero-order chi connectivity index (χ0) is 19.8. The summed E-state index contributed by atoms with van der Waals surface area (Å²) in [6, 6.07) is 16.7. The Bertz CT molecular complexity index is 751. The number of amides is 1. The lowest BCUT2D eigenvalue weighted by atomic mass is 10.1. The van der Waals surface area contributed by atoms with Crippen molar-refractivity contribution >= 4 is 23.4 Å². The van der Waals surface area contributed by atoms with Crippen LogP contribution in [0, 0.1) is 10.1 Å². The van der Waals surface area contributed by atoms with E-state index in [0.717, 1.165) is 11.3 Å². The van der Waals surface area contributed by atoms with Crippen LogP contribution in [0.4, 0.5) is 5.69 Å². The fourth-order valence-electron chi connectivity index (χ4n) is 2.59. The first kappa shape index (κ1) is 20.9. The van der Waals surface area contributed by atoms with Crippen molar-refractivity contribution < 1.29 is 9.72 Å². The van der Waals surface area contributed by atoms with Gasteiger partial charge in [0.15, 0.2) is 0 Å². The van der Waals surface area contributed by atoms with E-state index in [2.05, 4.69) is 22.3 Å². The summed E-state index contributed by atoms with van der Waals surface area (Å²) in [5.41, 5.74) is 1.28. The molecule has 0 bridgehead atoms. The first-order valence-electron chi connectivity index (χ1n) is 8.76. The molecule has 2 aromatic rings. The van der Waals surface area contributed by atoms with Gasteiger partial charge < -0.3 is 10.2 Å². The molecule has 0 spiro atoms. The summed E-state index contributed by atoms with van der Waals surface area (Å²) in [4.78, 5) is 25.7. The van der Waals surface area contributed by atoms with Crippen molar-refractivity contribution in [3.63, 3.8) is 0 Å². The molecule has 6 nitrogen and oxygen atoms in total. The van der Waals surface area contributed by atoms with E-state index < -0.39 is 4.92 Å². The van der Waals surface area contributed by atoms with Crippen molar-refractivity contribution in [1.29, 1.82) is 0 Å². The summed E-state index contributed by atoms with van der Waals surface area (Å²) in [5.74, 6) is -0.0433. The molecule has 0 aliphatic rings. The van der Waals surface area contributed by atoms with Gasteiger partial charge in [-0.05, 0) is 45.1 Å². The number of rotatable bonds is 9. The normalized spacial score (nSPS) is 13.2. The fourth-order valence-corrected chi connectivity index (χ4v) is 3.48. The zero-order valence-corrected chi connectivity index (χ0v) is 16.6. The highest BCUT2D eigenvalue weighted by Crippen LogP contribution is 2.25. The second-order valence-corrected chi connectivity index (χ2v) is 7.98. The topological polar surface area (TPSA) is 75.5 Å². The molecule has 0 fully saturated rings. The number of likely N-dealkylation sites (N-methyl/N-ethyl adjacent to an activating group) is 1. The minimum Gasteiger partial charge on any atom is -0.354 e. The van der Waals surface area contributed by atoms with E-state index in [0.29, 0.717) is 6.54 Å². The lowest BCUT2D eigenvalue weighted by molar-refractivity contribution is -0.384. The van der Waals surface area contributed by atoms with Crippen LogP contribution in [0.25, 0.3) is 0 Å². The monoisotopic (exact) mass is 387 g/mol. The molecule has 2 rings (SSSR count). The number of non-ortho nitro benzene ring substituents is 1. The van der Waals surface area contributed by atoms with E-state index in [1.807, 2.05) is 39.2 Å². The van der Waals surface area contributed by atoms with Gasteiger partial charge in [0.05, 0.1) is 10.2 Å². The average molecular weight is 388 g/mol. The molecular formula is C20H25N3O3S. The van der Waals surface area contributed by atoms with Crippen molar-refractivity contribution in [3.05, 3.63) is 70.3 Å². The molecule has 0 heterocycles. The van der Waals surface area contributed by atoms with Crippen LogP contribution in [0.2, 0.25) is 0 Å². The summed E-state index contributed by atoms with van der Waals surface area (Å²) < 4.78 is 0. The van der Waals surface area contributed by atoms with E-state index in [4.69, 9.17) is 0 Å². The fraction of sp³-hybridized carbons (Fsp3) is 0.350. The Labute approximate surface area is 164 Å². The van der Waals surface area contributed by atoms with Crippen molar-refractivity contribution in [1.82, 2.24) is 10.2 Å². The van der Waals surface area contributed by atoms with Crippen LogP contribution in [-0.4, -0.2) is 47.7 Å². The summed E-state index contributed by atoms with van der Waals surface area (Å²) >= 11 is 1.39. The molecule has 2 atom stereocenters. The van der Waals surface area contributed by atoms with Crippen LogP contribution in [0.15, 0.2) is 59.5 Å². The molecular weight excluding hydrogens is 362 g/mol. The Balaban J connectivity index is 1.87. The van der Waals surface area contributed by atoms with E-state index in [1.165, 1.54) is 29.5 Å². The molecule has 7 heteroatoms. The Morgan fingerprint density at radius 2 is 1.78 bits per heavy atom. The second-order valence-electron chi connectivity index (χ2n) is 6.56. The van der Waals surface area contributed by atoms with Gasteiger partial charge in [-0.15, -0.1) is 11.8 Å². The molecule has 0 aliphatic carbocycles. The van der Waals surface area contributed by atoms with Crippen LogP contribution in [0.5, 0.6) is 0 Å². The predicted molar refractivity (Wildman–Crippen MR) is 109 cm³/mol. The first-order valence-corrected chi connectivity index (χ1v) is 9.64. The van der Waals surface area contributed by atoms with E-state index in [9.17, 15) is 14.9 Å². The third-order valence-electron chi connectivity index (χ3n) is 4.29. The molecule has 0 saturated carbocycles. The van der Waals surface area contributed by atoms with E-state index in [-0.39, 0.29) is 22.9 Å². The maximum absolute atomic E-state index is 12.4. The van der Waals surface area contributed by atoms with E-state index >= 15 is 0 Å². The molecule has 2 unspecified atom stereocenters. The number of nitro groups is 1. The highest BCUT2D eigenvalue weighted by Gasteiger charge is 2.18. The lowest BCUT2D eigenvalue weighted by Crippen LogP contribution is -2.43. The van der Waals surface area contributed by atoms with Gasteiger partial charge in [-0.25, -0.2) is 0 Å². The third kappa shape index (κ3) is 6.69. The number of thioether (sulfide) groups is 1. The molecule has 144 valence electrons. The molecule has 0 saturated heterocycles. The van der Waals surface area contributed by atoms with Gasteiger partial charge in [-0.1, -0.05) is 30.3 Å². The number of benzene rings is 2. The number of carbonyl (C=O) groups is 1. The number of nitro benzene ring substituents is 1. The Kier molecular flexibility index (Phi) is 7.82. The number of carbonyl (C=O) groups excluding carboxylic acids is 1. The van der Waals surface area contributed by atoms with Gasteiger partial charge in [0.25, 0.3) is 5.69 Å². The zero-order valence-electron chi connectivity index (χ0n) is 15.8. The minimum atomic E-state index is -0.432. The van der Waals surface area contributed by atoms with Gasteiger partial charge in [-0.3, -0.25) is 14.9 Å². The summed E-state index contributed by atoms with van der Waals surface area (Å²) in [6.45, 7) is 2.40. The van der Waals surface area contributed by atoms with Gasteiger partial charge in [-0.2, -0.15) is 0 Å². The Hall–Kier alpha value is -2.38. The number of nitrogens with zero attached hydrogens (tertiary/aromatic N) is 2. The standard InChI is InChI=1S/C20H25N3O3S/c1-15(27-19-11-9-17(10-12-19)23(25)26)20(24)21-14-18(22(2)3)13-16-7-5-4-6-8-16/h4-12,15,18H,13-14H2,1-3H3,(H,21,24). The highest BCUT2D eigenvalue weighted by molar-refractivity contribution is 8.00. The minimum absolute atomic E-state index is 0.0433. The Morgan fingerprint density at radius 3 is 2.33 bits per heavy atom. The van der Waals surface area contributed by atoms with Crippen molar-refractivity contribution in [2.75, 3.05) is 20.6 Å². The van der Waals surface area contributed by atoms with Gasteiger partial charge in [0.1, 0.15) is 0 Å². The van der Waals surface area contributed by atoms with Crippen LogP contribution < -0.4 is 5.32 Å². The molecule has 2 aromatic carbocycles. The largest absolute Gasteiger partial charge is 0.354 e. The van der Waals surface area contributed by atoms with Gasteiger partial charge in [0.2, 0.25) is 5.91 Å². The second kappa shape index (κ2) is 10.1. The third-order valence-corrected chi connectivity index (χ3v) is 5.40. The lowest BCUT2D eigenvalue weighted by Gasteiger charge is -2.25. The van der Waals surface area contributed by atoms with Crippen molar-refractivity contribution in [2.24, 2.45) is 0 Å². The molecule has 0 radical (unpaired) electrons. The first-order chi connectivity index (χ1) is 12.9. The number of hydrogen-bond acceptors (Lipinski definition) is 5. The van der Waals surface area contributed by atoms with Crippen molar-refractivity contribution in [2.45, 2.75) is 29.5 Å². The maximum Gasteiger partial charge on any atom is 0.269 e. The molecule has 1 amide bonds. The van der Waals surface area contributed by atoms with E-state index in [1.54, 1.807) is 12.1 Å². The molecule has 0 aromatic heterocycles. The number of nitrogens with one attached hydrogen (secondary N) is 1. The van der Waals surface area contributed by atoms with Gasteiger partial charge >= 0.3 is 0 Å². The van der Waals surface area contributed by atoms with Gasteiger partial charge in [0, 0.05) is 29.6 Å². The molecule has 1 N–H and O–H groups in total. The highest BCUT2D eigenvalue weighted by atomic mass is 32.2. The van der Waals surface area contributed by atoms with Crippen LogP contribution in [0.1, 0.15) is 12.5 Å². The Morgan fingerprint density at radius 1 is 1.15 bits per heavy atom. The summed E-state index contributed by atoms with van der Waals surface area (Å²) in [6.07, 6.45) is 0.859. The molecule has 0 aliphatic heterocycles. The smallest absolute Gasteiger partial charge is 0.269 e. The maximum atomic E-state index is 12.4. The van der Waals surface area contributed by atoms with Crippen LogP contribution in [-0.2, 0) is 11.2 Å². The molecule has 27 heavy (non-hydrogen) atoms. The summed E-state index contributed by atoms with van der Waals surface area (Å²) in [5, 5.41) is 13.4. The summed E-state index contributed by atoms with van der Waals surface area (Å²) in [7, 11) is 4.02. The quantitative estimate of drug-likeness (QED) is 0.406. The SMILES string of the molecule is CC(Sc1ccc([N+](=O)[O-])cc1)C(=O)NCC(Cc1ccccc1)N(C)C.